The number of amides is 1. The van der Waals surface area contributed by atoms with Crippen LogP contribution in [-0.2, 0) is 11.3 Å². The number of carbonyl (C=O) groups excluding carboxylic acids is 1. The molecule has 2 unspecified atom stereocenters. The minimum Gasteiger partial charge on any atom is -0.352 e. The second-order valence-corrected chi connectivity index (χ2v) is 6.66. The van der Waals surface area contributed by atoms with E-state index in [1.54, 1.807) is 0 Å². The molecule has 0 spiro atoms. The normalized spacial score (nSPS) is 25.1. The van der Waals surface area contributed by atoms with E-state index in [1.165, 1.54) is 10.8 Å². The Morgan fingerprint density at radius 3 is 2.82 bits per heavy atom. The van der Waals surface area contributed by atoms with Crippen LogP contribution in [0.4, 0.5) is 0 Å². The first-order valence-corrected chi connectivity index (χ1v) is 8.11. The highest BCUT2D eigenvalue weighted by Crippen LogP contribution is 2.31. The number of carbonyl (C=O) groups is 1. The summed E-state index contributed by atoms with van der Waals surface area (Å²) in [4.78, 5) is 12.5. The SMILES string of the molecule is CC1(N)CCCCC1C(=O)NCc1cccc2ccccc12. The molecule has 1 fully saturated rings. The van der Waals surface area contributed by atoms with Crippen molar-refractivity contribution in [2.45, 2.75) is 44.7 Å². The van der Waals surface area contributed by atoms with E-state index in [0.29, 0.717) is 6.54 Å². The fraction of sp³-hybridized carbons (Fsp3) is 0.421. The van der Waals surface area contributed by atoms with Crippen LogP contribution in [0.2, 0.25) is 0 Å². The number of rotatable bonds is 3. The molecule has 3 N–H and O–H groups in total. The monoisotopic (exact) mass is 296 g/mol. The van der Waals surface area contributed by atoms with Gasteiger partial charge < -0.3 is 11.1 Å². The molecule has 3 nitrogen and oxygen atoms in total. The Morgan fingerprint density at radius 2 is 2.00 bits per heavy atom. The van der Waals surface area contributed by atoms with Crippen LogP contribution in [0.15, 0.2) is 42.5 Å². The third kappa shape index (κ3) is 3.00. The van der Waals surface area contributed by atoms with Crippen molar-refractivity contribution in [2.75, 3.05) is 0 Å². The summed E-state index contributed by atoms with van der Waals surface area (Å²) < 4.78 is 0. The van der Waals surface area contributed by atoms with Crippen molar-refractivity contribution in [3.63, 3.8) is 0 Å². The lowest BCUT2D eigenvalue weighted by atomic mass is 9.74. The number of nitrogens with one attached hydrogen (secondary N) is 1. The fourth-order valence-corrected chi connectivity index (χ4v) is 3.54. The van der Waals surface area contributed by atoms with E-state index in [4.69, 9.17) is 5.73 Å². The molecule has 2 aromatic carbocycles. The van der Waals surface area contributed by atoms with Crippen molar-refractivity contribution in [1.82, 2.24) is 5.32 Å². The molecule has 3 rings (SSSR count). The molecule has 1 amide bonds. The number of fused-ring (bicyclic) bond motifs is 1. The zero-order valence-corrected chi connectivity index (χ0v) is 13.1. The van der Waals surface area contributed by atoms with Gasteiger partial charge in [-0.3, -0.25) is 4.79 Å². The average Bonchev–Trinajstić information content (AvgIpc) is 2.52. The maximum atomic E-state index is 12.5. The van der Waals surface area contributed by atoms with E-state index in [0.717, 1.165) is 31.2 Å². The van der Waals surface area contributed by atoms with Gasteiger partial charge in [-0.2, -0.15) is 0 Å². The molecule has 0 bridgehead atoms. The van der Waals surface area contributed by atoms with Crippen molar-refractivity contribution >= 4 is 16.7 Å². The average molecular weight is 296 g/mol. The first-order valence-electron chi connectivity index (χ1n) is 8.11. The number of nitrogens with two attached hydrogens (primary N) is 1. The van der Waals surface area contributed by atoms with Crippen molar-refractivity contribution in [2.24, 2.45) is 11.7 Å². The molecule has 0 radical (unpaired) electrons. The Morgan fingerprint density at radius 1 is 1.23 bits per heavy atom. The summed E-state index contributed by atoms with van der Waals surface area (Å²) in [5.74, 6) is 0.0221. The lowest BCUT2D eigenvalue weighted by Gasteiger charge is -2.37. The first-order chi connectivity index (χ1) is 10.6. The Kier molecular flexibility index (Phi) is 4.16. The van der Waals surface area contributed by atoms with Gasteiger partial charge in [0.1, 0.15) is 0 Å². The summed E-state index contributed by atoms with van der Waals surface area (Å²) in [7, 11) is 0. The van der Waals surface area contributed by atoms with Crippen LogP contribution >= 0.6 is 0 Å². The van der Waals surface area contributed by atoms with Crippen LogP contribution in [0.5, 0.6) is 0 Å². The highest BCUT2D eigenvalue weighted by molar-refractivity contribution is 5.86. The van der Waals surface area contributed by atoms with Gasteiger partial charge in [-0.25, -0.2) is 0 Å². The van der Waals surface area contributed by atoms with Crippen molar-refractivity contribution in [3.05, 3.63) is 48.0 Å². The van der Waals surface area contributed by atoms with Crippen LogP contribution in [0.25, 0.3) is 10.8 Å². The van der Waals surface area contributed by atoms with Gasteiger partial charge in [0, 0.05) is 12.1 Å². The van der Waals surface area contributed by atoms with Gasteiger partial charge in [0.25, 0.3) is 0 Å². The maximum Gasteiger partial charge on any atom is 0.225 e. The predicted molar refractivity (Wildman–Crippen MR) is 90.3 cm³/mol. The third-order valence-corrected chi connectivity index (χ3v) is 4.90. The maximum absolute atomic E-state index is 12.5. The van der Waals surface area contributed by atoms with E-state index in [9.17, 15) is 4.79 Å². The molecule has 0 aliphatic heterocycles. The summed E-state index contributed by atoms with van der Waals surface area (Å²) in [5.41, 5.74) is 7.10. The molecular formula is C19H24N2O. The Balaban J connectivity index is 1.72. The van der Waals surface area contributed by atoms with Gasteiger partial charge in [-0.05, 0) is 36.1 Å². The van der Waals surface area contributed by atoms with Crippen LogP contribution in [0.3, 0.4) is 0 Å². The van der Waals surface area contributed by atoms with E-state index in [1.807, 2.05) is 25.1 Å². The van der Waals surface area contributed by atoms with Gasteiger partial charge >= 0.3 is 0 Å². The predicted octanol–water partition coefficient (Wildman–Crippen LogP) is 3.36. The summed E-state index contributed by atoms with van der Waals surface area (Å²) in [5, 5.41) is 5.50. The zero-order chi connectivity index (χ0) is 15.6. The summed E-state index contributed by atoms with van der Waals surface area (Å²) in [6.45, 7) is 2.57. The van der Waals surface area contributed by atoms with Gasteiger partial charge in [0.2, 0.25) is 5.91 Å². The first kappa shape index (κ1) is 15.0. The fourth-order valence-electron chi connectivity index (χ4n) is 3.54. The van der Waals surface area contributed by atoms with E-state index in [2.05, 4.69) is 29.6 Å². The lowest BCUT2D eigenvalue weighted by molar-refractivity contribution is -0.128. The highest BCUT2D eigenvalue weighted by atomic mass is 16.1. The molecule has 3 heteroatoms. The zero-order valence-electron chi connectivity index (χ0n) is 13.1. The molecular weight excluding hydrogens is 272 g/mol. The number of benzene rings is 2. The molecule has 22 heavy (non-hydrogen) atoms. The number of hydrogen-bond donors (Lipinski definition) is 2. The standard InChI is InChI=1S/C19H24N2O/c1-19(20)12-5-4-11-17(19)18(22)21-13-15-9-6-8-14-7-2-3-10-16(14)15/h2-3,6-10,17H,4-5,11-13,20H2,1H3,(H,21,22). The highest BCUT2D eigenvalue weighted by Gasteiger charge is 2.37. The Bertz CT molecular complexity index is 673. The topological polar surface area (TPSA) is 55.1 Å². The lowest BCUT2D eigenvalue weighted by Crippen LogP contribution is -2.52. The van der Waals surface area contributed by atoms with Crippen LogP contribution in [-0.4, -0.2) is 11.4 Å². The van der Waals surface area contributed by atoms with Gasteiger partial charge in [0.05, 0.1) is 5.92 Å². The molecule has 0 saturated heterocycles. The van der Waals surface area contributed by atoms with Crippen molar-refractivity contribution < 1.29 is 4.79 Å². The van der Waals surface area contributed by atoms with Gasteiger partial charge in [-0.15, -0.1) is 0 Å². The quantitative estimate of drug-likeness (QED) is 0.912. The Labute approximate surface area is 131 Å². The molecule has 1 aliphatic rings. The molecule has 1 aliphatic carbocycles. The Hall–Kier alpha value is -1.87. The van der Waals surface area contributed by atoms with Crippen LogP contribution in [0.1, 0.15) is 38.2 Å². The van der Waals surface area contributed by atoms with Crippen molar-refractivity contribution in [1.29, 1.82) is 0 Å². The summed E-state index contributed by atoms with van der Waals surface area (Å²) >= 11 is 0. The van der Waals surface area contributed by atoms with Gasteiger partial charge in [-0.1, -0.05) is 55.3 Å². The summed E-state index contributed by atoms with van der Waals surface area (Å²) in [6, 6.07) is 14.5. The smallest absolute Gasteiger partial charge is 0.225 e. The van der Waals surface area contributed by atoms with E-state index >= 15 is 0 Å². The number of hydrogen-bond acceptors (Lipinski definition) is 2. The minimum absolute atomic E-state index is 0.0729. The van der Waals surface area contributed by atoms with E-state index in [-0.39, 0.29) is 17.4 Å². The third-order valence-electron chi connectivity index (χ3n) is 4.90. The van der Waals surface area contributed by atoms with E-state index < -0.39 is 0 Å². The molecule has 0 heterocycles. The largest absolute Gasteiger partial charge is 0.352 e. The minimum atomic E-state index is -0.374. The molecule has 2 aromatic rings. The van der Waals surface area contributed by atoms with Gasteiger partial charge in [0.15, 0.2) is 0 Å². The molecule has 2 atom stereocenters. The molecule has 0 aromatic heterocycles. The summed E-state index contributed by atoms with van der Waals surface area (Å²) in [6.07, 6.45) is 4.05. The second kappa shape index (κ2) is 6.09. The van der Waals surface area contributed by atoms with Crippen LogP contribution in [0, 0.1) is 5.92 Å². The second-order valence-electron chi connectivity index (χ2n) is 6.66. The molecule has 1 saturated carbocycles. The van der Waals surface area contributed by atoms with Crippen LogP contribution < -0.4 is 11.1 Å². The molecule has 116 valence electrons. The van der Waals surface area contributed by atoms with Crippen molar-refractivity contribution in [3.8, 4) is 0 Å².